The molecule has 0 unspecified atom stereocenters. The third-order valence-corrected chi connectivity index (χ3v) is 9.64. The second-order valence-corrected chi connectivity index (χ2v) is 12.4. The minimum atomic E-state index is -0.861. The second kappa shape index (κ2) is 15.2. The van der Waals surface area contributed by atoms with E-state index in [1.807, 2.05) is 53.4 Å². The van der Waals surface area contributed by atoms with Crippen LogP contribution in [-0.2, 0) is 22.7 Å². The van der Waals surface area contributed by atoms with Gasteiger partial charge >= 0.3 is 0 Å². The summed E-state index contributed by atoms with van der Waals surface area (Å²) < 4.78 is 5.18. The molecule has 3 fully saturated rings. The number of carbonyl (C=O) groups excluding carboxylic acids is 3. The lowest BCUT2D eigenvalue weighted by molar-refractivity contribution is -0.165. The minimum absolute atomic E-state index is 0. The predicted octanol–water partition coefficient (Wildman–Crippen LogP) is 4.06. The van der Waals surface area contributed by atoms with Crippen LogP contribution in [0.5, 0.6) is 5.75 Å². The van der Waals surface area contributed by atoms with Crippen molar-refractivity contribution in [2.75, 3.05) is 26.7 Å². The van der Waals surface area contributed by atoms with E-state index in [1.165, 1.54) is 0 Å². The number of piperidine rings is 1. The molecule has 1 spiro atoms. The Morgan fingerprint density at radius 1 is 1.05 bits per heavy atom. The zero-order valence-corrected chi connectivity index (χ0v) is 26.7. The molecular weight excluding hydrogens is 580 g/mol. The van der Waals surface area contributed by atoms with Crippen LogP contribution in [0.4, 0.5) is 0 Å². The summed E-state index contributed by atoms with van der Waals surface area (Å²) in [6.45, 7) is 5.14. The summed E-state index contributed by atoms with van der Waals surface area (Å²) in [5, 5.41) is 17.0. The van der Waals surface area contributed by atoms with Gasteiger partial charge in [-0.2, -0.15) is 0 Å². The molecule has 1 aliphatic carbocycles. The van der Waals surface area contributed by atoms with Crippen LogP contribution in [0.3, 0.4) is 0 Å². The molecule has 2 saturated heterocycles. The van der Waals surface area contributed by atoms with E-state index in [9.17, 15) is 19.5 Å². The van der Waals surface area contributed by atoms with Gasteiger partial charge in [0.25, 0.3) is 5.91 Å². The van der Waals surface area contributed by atoms with Crippen molar-refractivity contribution in [1.82, 2.24) is 20.4 Å². The first-order valence-corrected chi connectivity index (χ1v) is 15.9. The Labute approximate surface area is 267 Å². The first kappa shape index (κ1) is 33.7. The molecule has 0 bridgehead atoms. The van der Waals surface area contributed by atoms with E-state index in [2.05, 4.69) is 22.5 Å². The number of aliphatic hydroxyl groups is 1. The van der Waals surface area contributed by atoms with Crippen molar-refractivity contribution in [1.29, 1.82) is 0 Å². The first-order chi connectivity index (χ1) is 20.8. The van der Waals surface area contributed by atoms with Crippen molar-refractivity contribution in [3.8, 4) is 5.75 Å². The van der Waals surface area contributed by atoms with Gasteiger partial charge in [-0.25, -0.2) is 0 Å². The lowest BCUT2D eigenvalue weighted by Gasteiger charge is -2.52. The van der Waals surface area contributed by atoms with Gasteiger partial charge in [0.15, 0.2) is 0 Å². The van der Waals surface area contributed by atoms with Crippen LogP contribution < -0.4 is 15.4 Å². The lowest BCUT2D eigenvalue weighted by atomic mass is 9.80. The van der Waals surface area contributed by atoms with Gasteiger partial charge in [0.05, 0.1) is 13.2 Å². The number of ether oxygens (including phenoxy) is 1. The number of nitrogens with one attached hydrogen (secondary N) is 2. The van der Waals surface area contributed by atoms with Crippen molar-refractivity contribution in [3.63, 3.8) is 0 Å². The van der Waals surface area contributed by atoms with Crippen LogP contribution in [0, 0.1) is 5.92 Å². The third kappa shape index (κ3) is 7.38. The molecule has 2 aliphatic heterocycles. The molecule has 2 atom stereocenters. The molecule has 2 aromatic rings. The van der Waals surface area contributed by atoms with Gasteiger partial charge in [0.1, 0.15) is 17.3 Å². The molecule has 44 heavy (non-hydrogen) atoms. The number of amides is 3. The van der Waals surface area contributed by atoms with Crippen LogP contribution in [0.1, 0.15) is 79.8 Å². The van der Waals surface area contributed by atoms with Gasteiger partial charge < -0.3 is 25.4 Å². The number of hydrogen-bond donors (Lipinski definition) is 3. The first-order valence-electron chi connectivity index (χ1n) is 15.9. The number of carbonyl (C=O) groups is 3. The molecule has 0 aromatic heterocycles. The standard InChI is InChI=1S/C34H46N4O5.ClH/c1-3-4-19-38-32(41)29(30(39)26-7-5-6-8-26)36-33(42)34(38)17-20-37(21-18-34)23-25-9-13-27(14-10-25)31(40)35-22-24-11-15-28(43-2)16-12-24;/h9-16,26,29-30,39H,3-8,17-23H2,1-2H3,(H,35,40)(H,36,42);1H/t29-,30-;/m1./s1. The Morgan fingerprint density at radius 2 is 1.68 bits per heavy atom. The van der Waals surface area contributed by atoms with Crippen LogP contribution >= 0.6 is 12.4 Å². The molecule has 2 aromatic carbocycles. The number of benzene rings is 2. The number of rotatable bonds is 11. The van der Waals surface area contributed by atoms with E-state index in [4.69, 9.17) is 4.74 Å². The number of likely N-dealkylation sites (tertiary alicyclic amines) is 1. The fourth-order valence-corrected chi connectivity index (χ4v) is 6.91. The number of halogens is 1. The molecule has 2 heterocycles. The topological polar surface area (TPSA) is 111 Å². The predicted molar refractivity (Wildman–Crippen MR) is 172 cm³/mol. The van der Waals surface area contributed by atoms with E-state index in [0.29, 0.717) is 51.1 Å². The summed E-state index contributed by atoms with van der Waals surface area (Å²) in [6, 6.07) is 14.4. The van der Waals surface area contributed by atoms with Crippen LogP contribution in [0.15, 0.2) is 48.5 Å². The van der Waals surface area contributed by atoms with E-state index >= 15 is 0 Å². The zero-order valence-electron chi connectivity index (χ0n) is 25.9. The minimum Gasteiger partial charge on any atom is -0.497 e. The van der Waals surface area contributed by atoms with Crippen molar-refractivity contribution in [2.45, 2.75) is 89.1 Å². The Balaban J connectivity index is 0.00000442. The summed E-state index contributed by atoms with van der Waals surface area (Å²) in [5.41, 5.74) is 1.83. The average molecular weight is 627 g/mol. The zero-order chi connectivity index (χ0) is 30.4. The Morgan fingerprint density at radius 3 is 2.30 bits per heavy atom. The van der Waals surface area contributed by atoms with Crippen molar-refractivity contribution >= 4 is 30.1 Å². The van der Waals surface area contributed by atoms with Crippen molar-refractivity contribution in [2.24, 2.45) is 5.92 Å². The van der Waals surface area contributed by atoms with Gasteiger partial charge in [-0.3, -0.25) is 19.3 Å². The molecule has 1 saturated carbocycles. The maximum absolute atomic E-state index is 13.8. The summed E-state index contributed by atoms with van der Waals surface area (Å²) in [7, 11) is 1.63. The summed E-state index contributed by atoms with van der Waals surface area (Å²) in [4.78, 5) is 44.2. The Hall–Kier alpha value is -3.14. The van der Waals surface area contributed by atoms with Crippen molar-refractivity contribution in [3.05, 3.63) is 65.2 Å². The Bertz CT molecular complexity index is 1260. The molecule has 0 radical (unpaired) electrons. The van der Waals surface area contributed by atoms with Crippen molar-refractivity contribution < 1.29 is 24.2 Å². The smallest absolute Gasteiger partial charge is 0.251 e. The summed E-state index contributed by atoms with van der Waals surface area (Å²) in [6.07, 6.45) is 6.01. The van der Waals surface area contributed by atoms with Crippen LogP contribution in [0.2, 0.25) is 0 Å². The third-order valence-electron chi connectivity index (χ3n) is 9.64. The number of methoxy groups -OCH3 is 1. The molecule has 9 nitrogen and oxygen atoms in total. The van der Waals surface area contributed by atoms with E-state index in [0.717, 1.165) is 55.4 Å². The van der Waals surface area contributed by atoms with Gasteiger partial charge in [-0.15, -0.1) is 12.4 Å². The number of unbranched alkanes of at least 4 members (excludes halogenated alkanes) is 1. The average Bonchev–Trinajstić information content (AvgIpc) is 3.58. The summed E-state index contributed by atoms with van der Waals surface area (Å²) >= 11 is 0. The van der Waals surface area contributed by atoms with Gasteiger partial charge in [0, 0.05) is 38.3 Å². The molecule has 3 amide bonds. The van der Waals surface area contributed by atoms with Gasteiger partial charge in [-0.05, 0) is 73.4 Å². The fourth-order valence-electron chi connectivity index (χ4n) is 6.91. The molecule has 3 aliphatic rings. The molecule has 3 N–H and O–H groups in total. The second-order valence-electron chi connectivity index (χ2n) is 12.4. The molecule has 5 rings (SSSR count). The van der Waals surface area contributed by atoms with Gasteiger partial charge in [0.2, 0.25) is 11.8 Å². The monoisotopic (exact) mass is 626 g/mol. The quantitative estimate of drug-likeness (QED) is 0.347. The molecular formula is C34H47ClN4O5. The molecule has 240 valence electrons. The fraction of sp³-hybridized carbons (Fsp3) is 0.559. The normalized spacial score (nSPS) is 21.1. The molecule has 10 heteroatoms. The van der Waals surface area contributed by atoms with Crippen LogP contribution in [-0.4, -0.2) is 77.1 Å². The number of aliphatic hydroxyl groups excluding tert-OH is 1. The highest BCUT2D eigenvalue weighted by Crippen LogP contribution is 2.36. The highest BCUT2D eigenvalue weighted by atomic mass is 35.5. The SMILES string of the molecule is CCCCN1C(=O)[C@@H]([C@H](O)C2CCCC2)NC(=O)C12CCN(Cc1ccc(C(=O)NCc3ccc(OC)cc3)cc1)CC2.Cl. The lowest BCUT2D eigenvalue weighted by Crippen LogP contribution is -2.75. The van der Waals surface area contributed by atoms with E-state index in [-0.39, 0.29) is 36.0 Å². The highest BCUT2D eigenvalue weighted by molar-refractivity contribution is 6.00. The van der Waals surface area contributed by atoms with Gasteiger partial charge in [-0.1, -0.05) is 50.5 Å². The van der Waals surface area contributed by atoms with E-state index in [1.54, 1.807) is 7.11 Å². The Kier molecular flexibility index (Phi) is 11.7. The number of nitrogens with zero attached hydrogens (tertiary/aromatic N) is 2. The van der Waals surface area contributed by atoms with Crippen LogP contribution in [0.25, 0.3) is 0 Å². The number of hydrogen-bond acceptors (Lipinski definition) is 6. The maximum Gasteiger partial charge on any atom is 0.251 e. The maximum atomic E-state index is 13.8. The highest BCUT2D eigenvalue weighted by Gasteiger charge is 2.55. The van der Waals surface area contributed by atoms with E-state index < -0.39 is 17.7 Å². The number of piperazine rings is 1. The largest absolute Gasteiger partial charge is 0.497 e. The summed E-state index contributed by atoms with van der Waals surface area (Å²) in [5.74, 6) is 0.487.